The number of hydrogen-bond acceptors (Lipinski definition) is 2. The van der Waals surface area contributed by atoms with E-state index in [1.165, 1.54) is 0 Å². The van der Waals surface area contributed by atoms with Crippen molar-refractivity contribution in [2.75, 3.05) is 0 Å². The normalized spacial score (nSPS) is 10.6. The van der Waals surface area contributed by atoms with E-state index in [4.69, 9.17) is 0 Å². The predicted octanol–water partition coefficient (Wildman–Crippen LogP) is 3.16. The number of aromatic hydroxyl groups is 1. The molecular weight excluding hydrogens is 256 g/mol. The number of aryl methyl sites for hydroxylation is 2. The van der Waals surface area contributed by atoms with E-state index in [-0.39, 0.29) is 5.75 Å². The van der Waals surface area contributed by atoms with E-state index >= 15 is 0 Å². The smallest absolute Gasteiger partial charge is 0.141 e. The lowest BCUT2D eigenvalue weighted by atomic mass is 10.2. The molecule has 0 amide bonds. The van der Waals surface area contributed by atoms with E-state index in [0.717, 1.165) is 21.4 Å². The summed E-state index contributed by atoms with van der Waals surface area (Å²) in [5, 5.41) is 9.75. The fraction of sp³-hybridized carbons (Fsp3) is 0.182. The van der Waals surface area contributed by atoms with Crippen LogP contribution in [0.3, 0.4) is 0 Å². The summed E-state index contributed by atoms with van der Waals surface area (Å²) in [4.78, 5) is 7.47. The van der Waals surface area contributed by atoms with Crippen LogP contribution in [0.1, 0.15) is 11.4 Å². The molecule has 0 fully saturated rings. The molecule has 0 saturated heterocycles. The Hall–Kier alpha value is -1.29. The van der Waals surface area contributed by atoms with Crippen LogP contribution in [0.15, 0.2) is 22.7 Å². The number of aromatic nitrogens is 2. The van der Waals surface area contributed by atoms with Crippen molar-refractivity contribution >= 4 is 15.9 Å². The average Bonchev–Trinajstić information content (AvgIpc) is 2.46. The third-order valence-electron chi connectivity index (χ3n) is 2.34. The SMILES string of the molecule is Cc1nc(-c2ccc(Br)cc2O)[nH]c1C. The molecule has 3 nitrogen and oxygen atoms in total. The Labute approximate surface area is 96.3 Å². The minimum absolute atomic E-state index is 0.220. The summed E-state index contributed by atoms with van der Waals surface area (Å²) in [6, 6.07) is 5.36. The van der Waals surface area contributed by atoms with Gasteiger partial charge in [-0.3, -0.25) is 0 Å². The van der Waals surface area contributed by atoms with Crippen LogP contribution in [0.25, 0.3) is 11.4 Å². The first-order valence-corrected chi connectivity index (χ1v) is 5.39. The van der Waals surface area contributed by atoms with Crippen molar-refractivity contribution in [1.29, 1.82) is 0 Å². The quantitative estimate of drug-likeness (QED) is 0.833. The minimum atomic E-state index is 0.220. The van der Waals surface area contributed by atoms with Crippen LogP contribution in [-0.2, 0) is 0 Å². The number of aromatic amines is 1. The minimum Gasteiger partial charge on any atom is -0.507 e. The molecule has 78 valence electrons. The molecule has 1 heterocycles. The lowest BCUT2D eigenvalue weighted by Gasteiger charge is -2.01. The Morgan fingerprint density at radius 2 is 2.07 bits per heavy atom. The van der Waals surface area contributed by atoms with Gasteiger partial charge in [-0.15, -0.1) is 0 Å². The van der Waals surface area contributed by atoms with Gasteiger partial charge in [0.05, 0.1) is 11.3 Å². The maximum Gasteiger partial charge on any atom is 0.141 e. The first kappa shape index (κ1) is 10.2. The molecule has 0 radical (unpaired) electrons. The van der Waals surface area contributed by atoms with Crippen molar-refractivity contribution in [3.63, 3.8) is 0 Å². The fourth-order valence-electron chi connectivity index (χ4n) is 1.38. The Morgan fingerprint density at radius 3 is 2.60 bits per heavy atom. The van der Waals surface area contributed by atoms with Gasteiger partial charge in [-0.05, 0) is 32.0 Å². The van der Waals surface area contributed by atoms with Gasteiger partial charge in [0.15, 0.2) is 0 Å². The van der Waals surface area contributed by atoms with Gasteiger partial charge >= 0.3 is 0 Å². The molecule has 1 aromatic carbocycles. The van der Waals surface area contributed by atoms with Crippen molar-refractivity contribution < 1.29 is 5.11 Å². The summed E-state index contributed by atoms with van der Waals surface area (Å²) < 4.78 is 0.851. The number of nitrogens with zero attached hydrogens (tertiary/aromatic N) is 1. The molecule has 0 aliphatic carbocycles. The van der Waals surface area contributed by atoms with Crippen LogP contribution in [-0.4, -0.2) is 15.1 Å². The summed E-state index contributed by atoms with van der Waals surface area (Å²) in [7, 11) is 0. The zero-order valence-corrected chi connectivity index (χ0v) is 10.1. The van der Waals surface area contributed by atoms with Gasteiger partial charge < -0.3 is 10.1 Å². The molecule has 15 heavy (non-hydrogen) atoms. The topological polar surface area (TPSA) is 48.9 Å². The predicted molar refractivity (Wildman–Crippen MR) is 62.9 cm³/mol. The van der Waals surface area contributed by atoms with Crippen LogP contribution in [0.5, 0.6) is 5.75 Å². The van der Waals surface area contributed by atoms with E-state index in [9.17, 15) is 5.11 Å². The number of H-pyrrole nitrogens is 1. The fourth-order valence-corrected chi connectivity index (χ4v) is 1.73. The number of imidazole rings is 1. The monoisotopic (exact) mass is 266 g/mol. The molecule has 0 spiro atoms. The first-order valence-electron chi connectivity index (χ1n) is 4.60. The molecule has 4 heteroatoms. The van der Waals surface area contributed by atoms with Gasteiger partial charge in [0, 0.05) is 10.2 Å². The van der Waals surface area contributed by atoms with Crippen LogP contribution in [0.2, 0.25) is 0 Å². The molecule has 2 aromatic rings. The molecule has 2 N–H and O–H groups in total. The van der Waals surface area contributed by atoms with Crippen LogP contribution >= 0.6 is 15.9 Å². The summed E-state index contributed by atoms with van der Waals surface area (Å²) >= 11 is 3.30. The third kappa shape index (κ3) is 1.90. The summed E-state index contributed by atoms with van der Waals surface area (Å²) in [5.41, 5.74) is 2.69. The van der Waals surface area contributed by atoms with Crippen LogP contribution in [0, 0.1) is 13.8 Å². The van der Waals surface area contributed by atoms with Crippen molar-refractivity contribution in [3.8, 4) is 17.1 Å². The number of hydrogen-bond donors (Lipinski definition) is 2. The van der Waals surface area contributed by atoms with E-state index in [0.29, 0.717) is 5.82 Å². The van der Waals surface area contributed by atoms with Gasteiger partial charge in [0.25, 0.3) is 0 Å². The number of rotatable bonds is 1. The van der Waals surface area contributed by atoms with Gasteiger partial charge in [0.1, 0.15) is 11.6 Å². The largest absolute Gasteiger partial charge is 0.507 e. The Morgan fingerprint density at radius 1 is 1.33 bits per heavy atom. The van der Waals surface area contributed by atoms with Gasteiger partial charge in [-0.1, -0.05) is 15.9 Å². The molecule has 0 bridgehead atoms. The highest BCUT2D eigenvalue weighted by Crippen LogP contribution is 2.30. The number of nitrogens with one attached hydrogen (secondary N) is 1. The summed E-state index contributed by atoms with van der Waals surface area (Å²) in [6.07, 6.45) is 0. The van der Waals surface area contributed by atoms with Crippen molar-refractivity contribution in [3.05, 3.63) is 34.1 Å². The standard InChI is InChI=1S/C11H11BrN2O/c1-6-7(2)14-11(13-6)9-4-3-8(12)5-10(9)15/h3-5,15H,1-2H3,(H,13,14). The Bertz CT molecular complexity index is 486. The first-order chi connectivity index (χ1) is 7.08. The second kappa shape index (κ2) is 3.70. The lowest BCUT2D eigenvalue weighted by Crippen LogP contribution is -1.82. The molecule has 0 atom stereocenters. The highest BCUT2D eigenvalue weighted by Gasteiger charge is 2.09. The molecule has 0 saturated carbocycles. The van der Waals surface area contributed by atoms with E-state index in [2.05, 4.69) is 25.9 Å². The molecule has 0 aliphatic heterocycles. The van der Waals surface area contributed by atoms with E-state index in [1.807, 2.05) is 26.0 Å². The highest BCUT2D eigenvalue weighted by atomic mass is 79.9. The summed E-state index contributed by atoms with van der Waals surface area (Å²) in [6.45, 7) is 3.90. The highest BCUT2D eigenvalue weighted by molar-refractivity contribution is 9.10. The zero-order chi connectivity index (χ0) is 11.0. The molecule has 2 rings (SSSR count). The zero-order valence-electron chi connectivity index (χ0n) is 8.50. The Kier molecular flexibility index (Phi) is 2.52. The second-order valence-electron chi connectivity index (χ2n) is 3.46. The van der Waals surface area contributed by atoms with E-state index < -0.39 is 0 Å². The third-order valence-corrected chi connectivity index (χ3v) is 2.84. The average molecular weight is 267 g/mol. The van der Waals surface area contributed by atoms with Gasteiger partial charge in [-0.25, -0.2) is 4.98 Å². The van der Waals surface area contributed by atoms with Gasteiger partial charge in [-0.2, -0.15) is 0 Å². The second-order valence-corrected chi connectivity index (χ2v) is 4.37. The molecule has 0 aliphatic rings. The van der Waals surface area contributed by atoms with Gasteiger partial charge in [0.2, 0.25) is 0 Å². The van der Waals surface area contributed by atoms with Crippen LogP contribution < -0.4 is 0 Å². The van der Waals surface area contributed by atoms with Crippen molar-refractivity contribution in [2.45, 2.75) is 13.8 Å². The molecular formula is C11H11BrN2O. The molecule has 1 aromatic heterocycles. The number of phenols is 1. The number of benzene rings is 1. The maximum atomic E-state index is 9.75. The lowest BCUT2D eigenvalue weighted by molar-refractivity contribution is 0.476. The van der Waals surface area contributed by atoms with Crippen molar-refractivity contribution in [2.24, 2.45) is 0 Å². The van der Waals surface area contributed by atoms with Crippen LogP contribution in [0.4, 0.5) is 0 Å². The summed E-state index contributed by atoms with van der Waals surface area (Å²) in [5.74, 6) is 0.924. The maximum absolute atomic E-state index is 9.75. The van der Waals surface area contributed by atoms with E-state index in [1.54, 1.807) is 6.07 Å². The number of halogens is 1. The Balaban J connectivity index is 2.54. The van der Waals surface area contributed by atoms with Crippen molar-refractivity contribution in [1.82, 2.24) is 9.97 Å². The number of phenolic OH excluding ortho intramolecular Hbond substituents is 1. The molecule has 0 unspecified atom stereocenters.